The van der Waals surface area contributed by atoms with Gasteiger partial charge in [-0.15, -0.1) is 0 Å². The van der Waals surface area contributed by atoms with Crippen molar-refractivity contribution in [3.8, 4) is 0 Å². The lowest BCUT2D eigenvalue weighted by molar-refractivity contribution is -0.147. The normalized spacial score (nSPS) is 22.1. The molecule has 7 saturated heterocycles. The first-order valence-electron chi connectivity index (χ1n) is 46.8. The van der Waals surface area contributed by atoms with Crippen molar-refractivity contribution < 1.29 is 42.7 Å². The summed E-state index contributed by atoms with van der Waals surface area (Å²) in [6, 6.07) is 12.6. The molecule has 2 unspecified atom stereocenters. The molecule has 1 aromatic carbocycles. The molecule has 0 aromatic heterocycles. The maximum atomic E-state index is 11.2. The van der Waals surface area contributed by atoms with Crippen molar-refractivity contribution in [1.29, 1.82) is 0 Å². The summed E-state index contributed by atoms with van der Waals surface area (Å²) < 4.78 is 43.8. The molecule has 0 bridgehead atoms. The van der Waals surface area contributed by atoms with E-state index in [2.05, 4.69) is 185 Å². The lowest BCUT2D eigenvalue weighted by atomic mass is 10.0. The molecule has 111 heavy (non-hydrogen) atoms. The smallest absolute Gasteiger partial charge is 0.306 e. The van der Waals surface area contributed by atoms with Gasteiger partial charge in [0.05, 0.1) is 55.4 Å². The van der Waals surface area contributed by atoms with Crippen LogP contribution in [0.4, 0.5) is 0 Å². The molecule has 0 saturated carbocycles. The van der Waals surface area contributed by atoms with Gasteiger partial charge in [0.25, 0.3) is 0 Å². The van der Waals surface area contributed by atoms with Crippen LogP contribution in [0.25, 0.3) is 0 Å². The molecule has 7 aliphatic rings. The largest absolute Gasteiger partial charge is 0.463 e. The number of carbonyl (C=O) groups excluding carboxylic acids is 1. The van der Waals surface area contributed by atoms with E-state index in [1.54, 1.807) is 0 Å². The fraction of sp³-hybridized carbons (Fsp3) is 0.926. The molecule has 6 atom stereocenters. The molecule has 0 radical (unpaired) electrons. The number of benzene rings is 1. The number of aryl methyl sites for hydroxylation is 1. The van der Waals surface area contributed by atoms with Gasteiger partial charge in [-0.05, 0) is 348 Å². The second kappa shape index (κ2) is 71.1. The Kier molecular flexibility index (Phi) is 68.6. The van der Waals surface area contributed by atoms with Gasteiger partial charge in [-0.2, -0.15) is 0 Å². The average Bonchev–Trinajstić information content (AvgIpc) is 0.909. The van der Waals surface area contributed by atoms with E-state index in [4.69, 9.17) is 37.9 Å². The van der Waals surface area contributed by atoms with Crippen LogP contribution in [-0.4, -0.2) is 271 Å². The predicted octanol–water partition coefficient (Wildman–Crippen LogP) is 20.5. The number of piperidine rings is 7. The monoisotopic (exact) mass is 1570 g/mol. The Hall–Kier alpha value is -1.87. The third-order valence-electron chi connectivity index (χ3n) is 21.7. The van der Waals surface area contributed by atoms with Gasteiger partial charge in [-0.1, -0.05) is 76.8 Å². The molecule has 7 aliphatic heterocycles. The second-order valence-corrected chi connectivity index (χ2v) is 36.1. The van der Waals surface area contributed by atoms with E-state index in [-0.39, 0.29) is 12.1 Å². The van der Waals surface area contributed by atoms with E-state index in [1.165, 1.54) is 271 Å². The molecule has 8 rings (SSSR count). The first-order chi connectivity index (χ1) is 53.1. The minimum Gasteiger partial charge on any atom is -0.463 e. The number of rotatable bonds is 39. The van der Waals surface area contributed by atoms with Crippen LogP contribution in [0.15, 0.2) is 30.3 Å². The van der Waals surface area contributed by atoms with Crippen LogP contribution in [0.1, 0.15) is 325 Å². The summed E-state index contributed by atoms with van der Waals surface area (Å²) in [5, 5.41) is 0. The van der Waals surface area contributed by atoms with Crippen molar-refractivity contribution in [2.75, 3.05) is 164 Å². The van der Waals surface area contributed by atoms with Crippen LogP contribution >= 0.6 is 0 Å². The molecule has 0 aliphatic carbocycles. The van der Waals surface area contributed by atoms with Gasteiger partial charge in [0.15, 0.2) is 0 Å². The Morgan fingerprint density at radius 2 is 0.595 bits per heavy atom. The maximum absolute atomic E-state index is 11.2. The van der Waals surface area contributed by atoms with E-state index in [1.807, 2.05) is 32.0 Å². The molecule has 7 heterocycles. The quantitative estimate of drug-likeness (QED) is 0.0460. The number of hydrogen-bond acceptors (Lipinski definition) is 16. The molecule has 0 N–H and O–H groups in total. The van der Waals surface area contributed by atoms with E-state index in [9.17, 15) is 4.79 Å². The van der Waals surface area contributed by atoms with Gasteiger partial charge >= 0.3 is 5.97 Å². The average molecular weight is 1570 g/mol. The number of hydrogen-bond donors (Lipinski definition) is 0. The first kappa shape index (κ1) is 107. The molecule has 0 amide bonds. The standard InChI is InChI=1S/C13H18O2.6C12H25NO.C10H21NO/c1-11(2)15-13(14)10-6-9-12-7-4-3-5-8-12;3*1-11(2)14-9-5-8-13-7-4-6-12(3)10-13;3*1-11(2)14-10-6-9-13-8-5-4-7-12(13)3;1-10(2)12-9-8-11-6-4-3-5-7-11/h3-5,7-8,11H,6,9-10H2,1-2H3;6*11-12H,4-10H2,1-3H3;10H,3-9H2,1-2H3/t;2*12-;;2*12-;;/m.10.10../s1. The Balaban J connectivity index is 0.000000635. The lowest BCUT2D eigenvalue weighted by Gasteiger charge is -2.33. The topological polar surface area (TPSA) is 114 Å². The van der Waals surface area contributed by atoms with Crippen LogP contribution in [0.5, 0.6) is 0 Å². The minimum atomic E-state index is -0.0964. The SMILES string of the molecule is CC(C)OC(=O)CCCc1ccccc1.CC(C)OCCCN1CCCCC1C.CC(C)OCCCN1CCCC[C@@H]1C.CC(C)OCCCN1CCCC[C@H]1C.CC(C)OCCCN1CCC[C@@H](C)C1.CC(C)OCCCN1CCC[C@H](C)C1.CC(C)OCCN1CCCCC1.CC1CCCN(CCCOC(C)C)C1. The Morgan fingerprint density at radius 3 is 0.883 bits per heavy atom. The summed E-state index contributed by atoms with van der Waals surface area (Å²) in [6.45, 7) is 76.3. The van der Waals surface area contributed by atoms with Gasteiger partial charge < -0.3 is 72.2 Å². The molecule has 658 valence electrons. The zero-order chi connectivity index (χ0) is 82.2. The fourth-order valence-corrected chi connectivity index (χ4v) is 15.5. The highest BCUT2D eigenvalue weighted by Gasteiger charge is 2.22. The van der Waals surface area contributed by atoms with E-state index in [0.29, 0.717) is 49.1 Å². The van der Waals surface area contributed by atoms with Gasteiger partial charge in [-0.3, -0.25) is 4.79 Å². The van der Waals surface area contributed by atoms with Crippen molar-refractivity contribution in [3.63, 3.8) is 0 Å². The number of carbonyl (C=O) groups is 1. The van der Waals surface area contributed by atoms with Gasteiger partial charge in [-0.25, -0.2) is 0 Å². The number of nitrogens with zero attached hydrogens (tertiary/aromatic N) is 7. The van der Waals surface area contributed by atoms with Crippen molar-refractivity contribution in [3.05, 3.63) is 35.9 Å². The molecule has 7 fully saturated rings. The number of esters is 1. The third-order valence-corrected chi connectivity index (χ3v) is 21.7. The molecular weight excluding hydrogens is 1380 g/mol. The zero-order valence-electron chi connectivity index (χ0n) is 77.5. The highest BCUT2D eigenvalue weighted by molar-refractivity contribution is 5.69. The van der Waals surface area contributed by atoms with Crippen LogP contribution in [0.2, 0.25) is 0 Å². The van der Waals surface area contributed by atoms with Gasteiger partial charge in [0, 0.05) is 130 Å². The molecule has 0 spiro atoms. The number of likely N-dealkylation sites (tertiary alicyclic amines) is 7. The van der Waals surface area contributed by atoms with Gasteiger partial charge in [0.2, 0.25) is 0 Å². The summed E-state index contributed by atoms with van der Waals surface area (Å²) in [7, 11) is 0. The summed E-state index contributed by atoms with van der Waals surface area (Å²) in [5.74, 6) is 2.60. The van der Waals surface area contributed by atoms with E-state index < -0.39 is 0 Å². The number of ether oxygens (including phenoxy) is 8. The zero-order valence-corrected chi connectivity index (χ0v) is 77.5. The fourth-order valence-electron chi connectivity index (χ4n) is 15.5. The highest BCUT2D eigenvalue weighted by atomic mass is 16.5. The molecule has 16 heteroatoms. The van der Waals surface area contributed by atoms with Crippen LogP contribution in [-0.2, 0) is 49.1 Å². The van der Waals surface area contributed by atoms with E-state index in [0.717, 1.165) is 102 Å². The lowest BCUT2D eigenvalue weighted by Crippen LogP contribution is -2.38. The third kappa shape index (κ3) is 66.7. The molecule has 16 nitrogen and oxygen atoms in total. The van der Waals surface area contributed by atoms with Gasteiger partial charge in [0.1, 0.15) is 0 Å². The maximum Gasteiger partial charge on any atom is 0.306 e. The Morgan fingerprint density at radius 1 is 0.306 bits per heavy atom. The molecule has 1 aromatic rings. The van der Waals surface area contributed by atoms with Crippen molar-refractivity contribution in [1.82, 2.24) is 34.3 Å². The van der Waals surface area contributed by atoms with Crippen molar-refractivity contribution >= 4 is 5.97 Å². The predicted molar refractivity (Wildman–Crippen MR) is 475 cm³/mol. The van der Waals surface area contributed by atoms with E-state index >= 15 is 0 Å². The highest BCUT2D eigenvalue weighted by Crippen LogP contribution is 2.22. The van der Waals surface area contributed by atoms with Crippen LogP contribution in [0.3, 0.4) is 0 Å². The molecular formula is C95H189N7O9. The van der Waals surface area contributed by atoms with Crippen LogP contribution < -0.4 is 0 Å². The minimum absolute atomic E-state index is 0.00535. The first-order valence-corrected chi connectivity index (χ1v) is 46.8. The summed E-state index contributed by atoms with van der Waals surface area (Å²) in [4.78, 5) is 29.3. The summed E-state index contributed by atoms with van der Waals surface area (Å²) in [6.07, 6.45) is 37.2. The van der Waals surface area contributed by atoms with Crippen molar-refractivity contribution in [2.45, 2.75) is 393 Å². The Bertz CT molecular complexity index is 2000. The van der Waals surface area contributed by atoms with Crippen LogP contribution in [0, 0.1) is 17.8 Å². The summed E-state index contributed by atoms with van der Waals surface area (Å²) in [5.41, 5.74) is 1.27. The second-order valence-electron chi connectivity index (χ2n) is 36.1. The Labute approximate surface area is 689 Å². The van der Waals surface area contributed by atoms with Crippen molar-refractivity contribution in [2.24, 2.45) is 17.8 Å². The summed E-state index contributed by atoms with van der Waals surface area (Å²) >= 11 is 0.